The molecule has 0 unspecified atom stereocenters. The van der Waals surface area contributed by atoms with E-state index >= 15 is 0 Å². The van der Waals surface area contributed by atoms with Gasteiger partial charge >= 0.3 is 5.97 Å². The molecule has 16 heavy (non-hydrogen) atoms. The molecule has 0 aromatic heterocycles. The maximum atomic E-state index is 10.4. The van der Waals surface area contributed by atoms with Crippen LogP contribution in [0.3, 0.4) is 0 Å². The van der Waals surface area contributed by atoms with E-state index in [-0.39, 0.29) is 0 Å². The smallest absolute Gasteiger partial charge is 0.328 e. The molecule has 0 aliphatic rings. The Morgan fingerprint density at radius 1 is 1.50 bits per heavy atom. The molecule has 0 atom stereocenters. The number of carboxylic acids is 1. The first kappa shape index (κ1) is 12.3. The Balaban J connectivity index is 2.79. The van der Waals surface area contributed by atoms with Gasteiger partial charge in [-0.3, -0.25) is 0 Å². The summed E-state index contributed by atoms with van der Waals surface area (Å²) >= 11 is 0. The predicted octanol–water partition coefficient (Wildman–Crippen LogP) is 2.88. The lowest BCUT2D eigenvalue weighted by Crippen LogP contribution is -1.95. The topological polar surface area (TPSA) is 46.5 Å². The van der Waals surface area contributed by atoms with E-state index in [0.29, 0.717) is 6.61 Å². The van der Waals surface area contributed by atoms with Crippen LogP contribution in [0.5, 0.6) is 5.75 Å². The summed E-state index contributed by atoms with van der Waals surface area (Å²) in [7, 11) is 0. The maximum absolute atomic E-state index is 10.4. The zero-order chi connectivity index (χ0) is 12.0. The van der Waals surface area contributed by atoms with E-state index in [9.17, 15) is 4.79 Å². The number of hydrogen-bond acceptors (Lipinski definition) is 2. The van der Waals surface area contributed by atoms with Gasteiger partial charge in [0, 0.05) is 6.08 Å². The van der Waals surface area contributed by atoms with Gasteiger partial charge in [-0.05, 0) is 42.7 Å². The fourth-order valence-corrected chi connectivity index (χ4v) is 1.31. The number of benzene rings is 1. The zero-order valence-electron chi connectivity index (χ0n) is 9.56. The van der Waals surface area contributed by atoms with E-state index in [4.69, 9.17) is 9.84 Å². The number of carbonyl (C=O) groups is 1. The van der Waals surface area contributed by atoms with Crippen LogP contribution in [0.25, 0.3) is 6.08 Å². The molecule has 86 valence electrons. The average molecular weight is 220 g/mol. The van der Waals surface area contributed by atoms with E-state index in [1.54, 1.807) is 6.08 Å². The zero-order valence-corrected chi connectivity index (χ0v) is 9.56. The summed E-state index contributed by atoms with van der Waals surface area (Å²) < 4.78 is 5.48. The standard InChI is InChI=1S/C13H16O3/c1-3-8-16-12-6-4-11(10(2)9-12)5-7-13(14)15/h4-7,9H,3,8H2,1-2H3,(H,14,15)/b7-5+. The molecule has 1 rings (SSSR count). The Morgan fingerprint density at radius 2 is 2.25 bits per heavy atom. The van der Waals surface area contributed by atoms with Crippen LogP contribution in [-0.4, -0.2) is 17.7 Å². The molecule has 0 saturated heterocycles. The van der Waals surface area contributed by atoms with Crippen LogP contribution < -0.4 is 4.74 Å². The number of ether oxygens (including phenoxy) is 1. The first-order chi connectivity index (χ1) is 7.63. The molecule has 1 aromatic carbocycles. The lowest BCUT2D eigenvalue weighted by atomic mass is 10.1. The molecule has 0 spiro atoms. The van der Waals surface area contributed by atoms with Crippen LogP contribution in [-0.2, 0) is 4.79 Å². The largest absolute Gasteiger partial charge is 0.494 e. The van der Waals surface area contributed by atoms with Crippen LogP contribution in [0.1, 0.15) is 24.5 Å². The molecule has 0 bridgehead atoms. The Hall–Kier alpha value is -1.77. The van der Waals surface area contributed by atoms with E-state index in [0.717, 1.165) is 29.4 Å². The van der Waals surface area contributed by atoms with Crippen LogP contribution in [0.15, 0.2) is 24.3 Å². The molecule has 0 heterocycles. The summed E-state index contributed by atoms with van der Waals surface area (Å²) in [5.41, 5.74) is 1.90. The lowest BCUT2D eigenvalue weighted by molar-refractivity contribution is -0.131. The van der Waals surface area contributed by atoms with Gasteiger partial charge in [-0.2, -0.15) is 0 Å². The van der Waals surface area contributed by atoms with Gasteiger partial charge in [0.25, 0.3) is 0 Å². The Kier molecular flexibility index (Phi) is 4.58. The van der Waals surface area contributed by atoms with Gasteiger partial charge in [0.15, 0.2) is 0 Å². The number of rotatable bonds is 5. The van der Waals surface area contributed by atoms with Gasteiger partial charge in [-0.1, -0.05) is 13.0 Å². The second kappa shape index (κ2) is 5.95. The predicted molar refractivity (Wildman–Crippen MR) is 63.6 cm³/mol. The van der Waals surface area contributed by atoms with Gasteiger partial charge in [-0.15, -0.1) is 0 Å². The SMILES string of the molecule is CCCOc1ccc(/C=C/C(=O)O)c(C)c1. The highest BCUT2D eigenvalue weighted by molar-refractivity contribution is 5.85. The number of hydrogen-bond donors (Lipinski definition) is 1. The van der Waals surface area contributed by atoms with Gasteiger partial charge < -0.3 is 9.84 Å². The fraction of sp³-hybridized carbons (Fsp3) is 0.308. The van der Waals surface area contributed by atoms with Crippen LogP contribution >= 0.6 is 0 Å². The van der Waals surface area contributed by atoms with Crippen molar-refractivity contribution in [1.82, 2.24) is 0 Å². The van der Waals surface area contributed by atoms with Crippen molar-refractivity contribution in [2.45, 2.75) is 20.3 Å². The normalized spacial score (nSPS) is 10.6. The molecule has 3 heteroatoms. The van der Waals surface area contributed by atoms with Crippen molar-refractivity contribution in [2.24, 2.45) is 0 Å². The van der Waals surface area contributed by atoms with Crippen LogP contribution in [0.2, 0.25) is 0 Å². The molecule has 0 aliphatic carbocycles. The van der Waals surface area contributed by atoms with Crippen molar-refractivity contribution in [3.63, 3.8) is 0 Å². The van der Waals surface area contributed by atoms with E-state index in [2.05, 4.69) is 6.92 Å². The first-order valence-electron chi connectivity index (χ1n) is 5.28. The van der Waals surface area contributed by atoms with Crippen molar-refractivity contribution >= 4 is 12.0 Å². The van der Waals surface area contributed by atoms with Crippen LogP contribution in [0, 0.1) is 6.92 Å². The molecule has 3 nitrogen and oxygen atoms in total. The highest BCUT2D eigenvalue weighted by atomic mass is 16.5. The first-order valence-corrected chi connectivity index (χ1v) is 5.28. The number of aryl methyl sites for hydroxylation is 1. The molecule has 0 radical (unpaired) electrons. The van der Waals surface area contributed by atoms with Gasteiger partial charge in [-0.25, -0.2) is 4.79 Å². The minimum atomic E-state index is -0.939. The summed E-state index contributed by atoms with van der Waals surface area (Å²) in [5, 5.41) is 8.52. The molecule has 0 amide bonds. The van der Waals surface area contributed by atoms with Crippen molar-refractivity contribution in [3.8, 4) is 5.75 Å². The van der Waals surface area contributed by atoms with Crippen LogP contribution in [0.4, 0.5) is 0 Å². The molecule has 1 aromatic rings. The third-order valence-electron chi connectivity index (χ3n) is 2.12. The third-order valence-corrected chi connectivity index (χ3v) is 2.12. The second-order valence-electron chi connectivity index (χ2n) is 3.54. The van der Waals surface area contributed by atoms with E-state index < -0.39 is 5.97 Å². The Morgan fingerprint density at radius 3 is 2.81 bits per heavy atom. The van der Waals surface area contributed by atoms with Crippen molar-refractivity contribution in [1.29, 1.82) is 0 Å². The fourth-order valence-electron chi connectivity index (χ4n) is 1.31. The number of aliphatic carboxylic acids is 1. The third kappa shape index (κ3) is 3.77. The van der Waals surface area contributed by atoms with Crippen molar-refractivity contribution < 1.29 is 14.6 Å². The summed E-state index contributed by atoms with van der Waals surface area (Å²) in [4.78, 5) is 10.4. The highest BCUT2D eigenvalue weighted by Gasteiger charge is 1.98. The summed E-state index contributed by atoms with van der Waals surface area (Å²) in [5.74, 6) is -0.113. The quantitative estimate of drug-likeness (QED) is 0.776. The Labute approximate surface area is 95.4 Å². The molecule has 0 fully saturated rings. The number of carboxylic acid groups (broad SMARTS) is 1. The van der Waals surface area contributed by atoms with Gasteiger partial charge in [0.05, 0.1) is 6.61 Å². The summed E-state index contributed by atoms with van der Waals surface area (Å²) in [6, 6.07) is 5.63. The van der Waals surface area contributed by atoms with E-state index in [1.807, 2.05) is 25.1 Å². The van der Waals surface area contributed by atoms with E-state index in [1.165, 1.54) is 0 Å². The minimum absolute atomic E-state index is 0.698. The average Bonchev–Trinajstić information content (AvgIpc) is 2.24. The van der Waals surface area contributed by atoms with Crippen molar-refractivity contribution in [3.05, 3.63) is 35.4 Å². The Bertz CT molecular complexity index is 394. The van der Waals surface area contributed by atoms with Gasteiger partial charge in [0.2, 0.25) is 0 Å². The monoisotopic (exact) mass is 220 g/mol. The highest BCUT2D eigenvalue weighted by Crippen LogP contribution is 2.18. The molecular formula is C13H16O3. The lowest BCUT2D eigenvalue weighted by Gasteiger charge is -2.07. The van der Waals surface area contributed by atoms with Gasteiger partial charge in [0.1, 0.15) is 5.75 Å². The molecular weight excluding hydrogens is 204 g/mol. The minimum Gasteiger partial charge on any atom is -0.494 e. The molecule has 0 aliphatic heterocycles. The summed E-state index contributed by atoms with van der Waals surface area (Å²) in [6.45, 7) is 4.68. The second-order valence-corrected chi connectivity index (χ2v) is 3.54. The van der Waals surface area contributed by atoms with Crippen molar-refractivity contribution in [2.75, 3.05) is 6.61 Å². The summed E-state index contributed by atoms with van der Waals surface area (Å²) in [6.07, 6.45) is 3.69. The maximum Gasteiger partial charge on any atom is 0.328 e. The molecule has 0 saturated carbocycles. The molecule has 1 N–H and O–H groups in total.